The summed E-state index contributed by atoms with van der Waals surface area (Å²) >= 11 is 11.7. The number of nitrogens with one attached hydrogen (secondary N) is 2. The van der Waals surface area contributed by atoms with Crippen molar-refractivity contribution in [2.24, 2.45) is 11.3 Å². The first kappa shape index (κ1) is 28.9. The predicted octanol–water partition coefficient (Wildman–Crippen LogP) is 4.80. The molecule has 3 amide bonds. The Morgan fingerprint density at radius 1 is 1.10 bits per heavy atom. The maximum Gasteiger partial charge on any atom is 0.403 e. The van der Waals surface area contributed by atoms with Crippen LogP contribution in [0.4, 0.5) is 23.2 Å². The fraction of sp³-hybridized carbons (Fsp3) is 0.464. The largest absolute Gasteiger partial charge is 0.484 e. The zero-order valence-corrected chi connectivity index (χ0v) is 23.4. The molecule has 0 spiro atoms. The fourth-order valence-electron chi connectivity index (χ4n) is 6.12. The zero-order valence-electron chi connectivity index (χ0n) is 21.9. The predicted molar refractivity (Wildman–Crippen MR) is 143 cm³/mol. The number of halogens is 6. The summed E-state index contributed by atoms with van der Waals surface area (Å²) in [5.41, 5.74) is -2.92. The van der Waals surface area contributed by atoms with E-state index in [4.69, 9.17) is 32.7 Å². The first-order valence-electron chi connectivity index (χ1n) is 13.4. The minimum Gasteiger partial charge on any atom is -0.484 e. The summed E-state index contributed by atoms with van der Waals surface area (Å²) < 4.78 is 66.1. The van der Waals surface area contributed by atoms with Crippen LogP contribution in [0.2, 0.25) is 10.0 Å². The van der Waals surface area contributed by atoms with E-state index >= 15 is 0 Å². The van der Waals surface area contributed by atoms with Crippen molar-refractivity contribution in [1.82, 2.24) is 10.6 Å². The van der Waals surface area contributed by atoms with Gasteiger partial charge in [-0.2, -0.15) is 13.2 Å². The minimum absolute atomic E-state index is 0.0641. The number of ether oxygens (including phenoxy) is 2. The van der Waals surface area contributed by atoms with Gasteiger partial charge in [0.25, 0.3) is 11.8 Å². The topological polar surface area (TPSA) is 97.0 Å². The van der Waals surface area contributed by atoms with Crippen LogP contribution < -0.4 is 25.0 Å². The van der Waals surface area contributed by atoms with Crippen LogP contribution in [0, 0.1) is 17.2 Å². The Kier molecular flexibility index (Phi) is 7.00. The van der Waals surface area contributed by atoms with Gasteiger partial charge in [-0.05, 0) is 62.4 Å². The van der Waals surface area contributed by atoms with E-state index < -0.39 is 53.3 Å². The molecule has 0 bridgehead atoms. The SMILES string of the molecule is O=C(COc1ccc(Cl)c(F)c1)NC12CCC1C(NC(=O)C1CN(C(=O)C3(C(F)(F)F)CC3)c3cc(Cl)ccc3O1)C2. The fourth-order valence-corrected chi connectivity index (χ4v) is 6.41. The third kappa shape index (κ3) is 4.92. The number of hydrogen-bond donors (Lipinski definition) is 2. The summed E-state index contributed by atoms with van der Waals surface area (Å²) in [4.78, 5) is 39.9. The summed E-state index contributed by atoms with van der Waals surface area (Å²) in [6, 6.07) is 7.77. The maximum atomic E-state index is 13.8. The second kappa shape index (κ2) is 10.2. The van der Waals surface area contributed by atoms with E-state index in [1.54, 1.807) is 0 Å². The lowest BCUT2D eigenvalue weighted by atomic mass is 9.50. The Balaban J connectivity index is 1.08. The summed E-state index contributed by atoms with van der Waals surface area (Å²) in [6.45, 7) is -0.743. The zero-order chi connectivity index (χ0) is 30.0. The van der Waals surface area contributed by atoms with Gasteiger partial charge in [-0.15, -0.1) is 0 Å². The number of benzene rings is 2. The Morgan fingerprint density at radius 2 is 1.86 bits per heavy atom. The van der Waals surface area contributed by atoms with Crippen LogP contribution in [0.1, 0.15) is 32.1 Å². The second-order valence-electron chi connectivity index (χ2n) is 11.2. The van der Waals surface area contributed by atoms with Gasteiger partial charge in [0.1, 0.15) is 22.7 Å². The van der Waals surface area contributed by atoms with Crippen molar-refractivity contribution in [3.05, 3.63) is 52.3 Å². The molecule has 3 aliphatic carbocycles. The molecule has 3 saturated carbocycles. The van der Waals surface area contributed by atoms with Crippen LogP contribution in [0.25, 0.3) is 0 Å². The van der Waals surface area contributed by atoms with E-state index in [9.17, 15) is 31.9 Å². The normalized spacial score (nSPS) is 26.8. The molecule has 4 aliphatic rings. The Bertz CT molecular complexity index is 1470. The van der Waals surface area contributed by atoms with Crippen molar-refractivity contribution in [3.8, 4) is 11.5 Å². The highest BCUT2D eigenvalue weighted by atomic mass is 35.5. The van der Waals surface area contributed by atoms with Gasteiger partial charge in [-0.1, -0.05) is 23.2 Å². The third-order valence-electron chi connectivity index (χ3n) is 8.73. The summed E-state index contributed by atoms with van der Waals surface area (Å²) in [7, 11) is 0. The van der Waals surface area contributed by atoms with Crippen molar-refractivity contribution < 1.29 is 41.4 Å². The smallest absolute Gasteiger partial charge is 0.403 e. The lowest BCUT2D eigenvalue weighted by Crippen LogP contribution is -2.76. The first-order valence-corrected chi connectivity index (χ1v) is 14.1. The second-order valence-corrected chi connectivity index (χ2v) is 12.1. The number of alkyl halides is 3. The van der Waals surface area contributed by atoms with E-state index in [-0.39, 0.29) is 58.6 Å². The van der Waals surface area contributed by atoms with Crippen LogP contribution in [-0.4, -0.2) is 54.7 Å². The van der Waals surface area contributed by atoms with E-state index in [0.717, 1.165) is 17.4 Å². The molecule has 1 heterocycles. The van der Waals surface area contributed by atoms with E-state index in [0.29, 0.717) is 12.8 Å². The van der Waals surface area contributed by atoms with E-state index in [2.05, 4.69) is 10.6 Å². The van der Waals surface area contributed by atoms with Crippen LogP contribution in [0.3, 0.4) is 0 Å². The molecular formula is C28H25Cl2F4N3O5. The molecule has 2 aromatic rings. The maximum absolute atomic E-state index is 13.8. The molecule has 2 aromatic carbocycles. The van der Waals surface area contributed by atoms with Crippen molar-refractivity contribution in [1.29, 1.82) is 0 Å². The number of hydrogen-bond acceptors (Lipinski definition) is 5. The number of carbonyl (C=O) groups excluding carboxylic acids is 3. The van der Waals surface area contributed by atoms with Gasteiger partial charge in [0.2, 0.25) is 5.91 Å². The minimum atomic E-state index is -4.72. The van der Waals surface area contributed by atoms with Gasteiger partial charge in [0.05, 0.1) is 17.3 Å². The van der Waals surface area contributed by atoms with Crippen LogP contribution in [0.5, 0.6) is 11.5 Å². The van der Waals surface area contributed by atoms with Gasteiger partial charge in [0, 0.05) is 28.6 Å². The Morgan fingerprint density at radius 3 is 2.48 bits per heavy atom. The average molecular weight is 630 g/mol. The van der Waals surface area contributed by atoms with Gasteiger partial charge >= 0.3 is 6.18 Å². The van der Waals surface area contributed by atoms with Crippen LogP contribution >= 0.6 is 23.2 Å². The quantitative estimate of drug-likeness (QED) is 0.429. The molecular weight excluding hydrogens is 605 g/mol. The molecule has 2 N–H and O–H groups in total. The molecule has 6 rings (SSSR count). The Labute approximate surface area is 247 Å². The number of amides is 3. The number of nitrogens with zero attached hydrogens (tertiary/aromatic N) is 1. The summed E-state index contributed by atoms with van der Waals surface area (Å²) in [5, 5.41) is 5.97. The van der Waals surface area contributed by atoms with Gasteiger partial charge < -0.3 is 25.0 Å². The number of anilines is 1. The molecule has 42 heavy (non-hydrogen) atoms. The standard InChI is InChI=1S/C28H25Cl2F4N3O5/c29-14-1-4-21-20(9-14)37(25(40)26(7-8-26)28(32,33)34)12-22(42-21)24(39)35-19-11-27(6-5-16(19)27)36-23(38)13-41-15-2-3-17(30)18(31)10-15/h1-4,9-10,16,19,22H,5-8,11-13H2,(H,35,39)(H,36,38). The van der Waals surface area contributed by atoms with Crippen molar-refractivity contribution >= 4 is 46.6 Å². The third-order valence-corrected chi connectivity index (χ3v) is 9.27. The van der Waals surface area contributed by atoms with Gasteiger partial charge in [-0.25, -0.2) is 4.39 Å². The molecule has 0 saturated heterocycles. The molecule has 4 unspecified atom stereocenters. The number of rotatable bonds is 7. The molecule has 0 aromatic heterocycles. The van der Waals surface area contributed by atoms with E-state index in [1.807, 2.05) is 0 Å². The number of fused-ring (bicyclic) bond motifs is 2. The van der Waals surface area contributed by atoms with Gasteiger partial charge in [0.15, 0.2) is 12.7 Å². The molecule has 3 fully saturated rings. The summed E-state index contributed by atoms with van der Waals surface area (Å²) in [6.07, 6.45) is -4.74. The lowest BCUT2D eigenvalue weighted by Gasteiger charge is -2.63. The highest BCUT2D eigenvalue weighted by Crippen LogP contribution is 2.59. The van der Waals surface area contributed by atoms with Gasteiger partial charge in [-0.3, -0.25) is 14.4 Å². The average Bonchev–Trinajstić information content (AvgIpc) is 3.74. The number of carbonyl (C=O) groups is 3. The van der Waals surface area contributed by atoms with Crippen molar-refractivity contribution in [3.63, 3.8) is 0 Å². The Hall–Kier alpha value is -3.25. The van der Waals surface area contributed by atoms with E-state index in [1.165, 1.54) is 30.3 Å². The highest BCUT2D eigenvalue weighted by molar-refractivity contribution is 6.31. The van der Waals surface area contributed by atoms with Crippen LogP contribution in [-0.2, 0) is 14.4 Å². The molecule has 224 valence electrons. The molecule has 8 nitrogen and oxygen atoms in total. The van der Waals surface area contributed by atoms with Crippen molar-refractivity contribution in [2.75, 3.05) is 18.1 Å². The summed E-state index contributed by atoms with van der Waals surface area (Å²) in [5.74, 6) is -2.61. The van der Waals surface area contributed by atoms with Crippen molar-refractivity contribution in [2.45, 2.75) is 56.0 Å². The lowest BCUT2D eigenvalue weighted by molar-refractivity contribution is -0.190. The monoisotopic (exact) mass is 629 g/mol. The molecule has 0 radical (unpaired) electrons. The molecule has 4 atom stereocenters. The highest BCUT2D eigenvalue weighted by Gasteiger charge is 2.70. The van der Waals surface area contributed by atoms with Crippen LogP contribution in [0.15, 0.2) is 36.4 Å². The molecule has 1 aliphatic heterocycles. The molecule has 14 heteroatoms. The first-order chi connectivity index (χ1) is 19.8.